The summed E-state index contributed by atoms with van der Waals surface area (Å²) in [5.41, 5.74) is 0.776. The highest BCUT2D eigenvalue weighted by Gasteiger charge is 2.39. The fourth-order valence-electron chi connectivity index (χ4n) is 3.96. The van der Waals surface area contributed by atoms with Crippen LogP contribution in [0.5, 0.6) is 0 Å². The van der Waals surface area contributed by atoms with Crippen molar-refractivity contribution in [1.29, 1.82) is 0 Å². The number of nitrogens with one attached hydrogen (secondary N) is 2. The maximum atomic E-state index is 13.2. The van der Waals surface area contributed by atoms with E-state index in [9.17, 15) is 9.18 Å². The minimum atomic E-state index is -0.328. The fourth-order valence-corrected chi connectivity index (χ4v) is 3.96. The van der Waals surface area contributed by atoms with Crippen LogP contribution in [0.4, 0.5) is 10.1 Å². The molecule has 126 valence electrons. The van der Waals surface area contributed by atoms with E-state index in [0.717, 1.165) is 26.2 Å². The minimum Gasteiger partial charge on any atom is -0.326 e. The van der Waals surface area contributed by atoms with E-state index in [0.29, 0.717) is 12.1 Å². The van der Waals surface area contributed by atoms with Gasteiger partial charge in [0.2, 0.25) is 5.91 Å². The molecule has 5 heteroatoms. The van der Waals surface area contributed by atoms with Gasteiger partial charge in [0, 0.05) is 43.8 Å². The van der Waals surface area contributed by atoms with Crippen LogP contribution in [0, 0.1) is 5.82 Å². The highest BCUT2D eigenvalue weighted by molar-refractivity contribution is 5.90. The molecule has 1 heterocycles. The maximum Gasteiger partial charge on any atom is 0.225 e. The molecule has 1 aliphatic heterocycles. The number of nitrogens with zero attached hydrogens (tertiary/aromatic N) is 1. The predicted molar refractivity (Wildman–Crippen MR) is 89.9 cm³/mol. The number of benzene rings is 1. The zero-order valence-electron chi connectivity index (χ0n) is 13.6. The number of rotatable bonds is 4. The molecule has 0 bridgehead atoms. The molecule has 0 radical (unpaired) electrons. The van der Waals surface area contributed by atoms with Crippen molar-refractivity contribution in [2.45, 2.75) is 44.1 Å². The van der Waals surface area contributed by atoms with E-state index < -0.39 is 0 Å². The SMILES string of the molecule is O=C(CCN1CCNCC12CCCCC2)Nc1cccc(F)c1. The third-order valence-corrected chi connectivity index (χ3v) is 5.18. The summed E-state index contributed by atoms with van der Waals surface area (Å²) in [5.74, 6) is -0.369. The van der Waals surface area contributed by atoms with E-state index in [1.165, 1.54) is 44.2 Å². The lowest BCUT2D eigenvalue weighted by Crippen LogP contribution is -2.62. The summed E-state index contributed by atoms with van der Waals surface area (Å²) in [7, 11) is 0. The van der Waals surface area contributed by atoms with Crippen LogP contribution in [0.3, 0.4) is 0 Å². The molecule has 0 aromatic heterocycles. The lowest BCUT2D eigenvalue weighted by atomic mass is 9.79. The summed E-state index contributed by atoms with van der Waals surface area (Å²) in [6, 6.07) is 6.06. The Morgan fingerprint density at radius 1 is 1.30 bits per heavy atom. The van der Waals surface area contributed by atoms with Crippen molar-refractivity contribution in [3.05, 3.63) is 30.1 Å². The molecule has 23 heavy (non-hydrogen) atoms. The number of carbonyl (C=O) groups excluding carboxylic acids is 1. The molecule has 2 aliphatic rings. The Hall–Kier alpha value is -1.46. The number of amides is 1. The summed E-state index contributed by atoms with van der Waals surface area (Å²) in [6.45, 7) is 3.82. The standard InChI is InChI=1S/C18H26FN3O/c19-15-5-4-6-16(13-15)21-17(23)7-11-22-12-10-20-14-18(22)8-2-1-3-9-18/h4-6,13,20H,1-3,7-12,14H2,(H,21,23). The Morgan fingerprint density at radius 2 is 2.13 bits per heavy atom. The molecule has 0 atom stereocenters. The van der Waals surface area contributed by atoms with Crippen molar-refractivity contribution in [3.63, 3.8) is 0 Å². The summed E-state index contributed by atoms with van der Waals surface area (Å²) in [4.78, 5) is 14.7. The minimum absolute atomic E-state index is 0.0416. The van der Waals surface area contributed by atoms with Gasteiger partial charge in [0.15, 0.2) is 0 Å². The van der Waals surface area contributed by atoms with E-state index in [1.807, 2.05) is 0 Å². The third-order valence-electron chi connectivity index (χ3n) is 5.18. The Labute approximate surface area is 137 Å². The second-order valence-corrected chi connectivity index (χ2v) is 6.76. The number of hydrogen-bond donors (Lipinski definition) is 2. The topological polar surface area (TPSA) is 44.4 Å². The van der Waals surface area contributed by atoms with Gasteiger partial charge in [0.05, 0.1) is 0 Å². The first-order valence-electron chi connectivity index (χ1n) is 8.69. The van der Waals surface area contributed by atoms with E-state index in [1.54, 1.807) is 12.1 Å². The van der Waals surface area contributed by atoms with Crippen LogP contribution >= 0.6 is 0 Å². The van der Waals surface area contributed by atoms with Crippen LogP contribution in [0.25, 0.3) is 0 Å². The average Bonchev–Trinajstić information content (AvgIpc) is 2.55. The van der Waals surface area contributed by atoms with Crippen LogP contribution in [-0.4, -0.2) is 42.5 Å². The van der Waals surface area contributed by atoms with Gasteiger partial charge in [-0.1, -0.05) is 25.3 Å². The van der Waals surface area contributed by atoms with Gasteiger partial charge in [-0.2, -0.15) is 0 Å². The van der Waals surface area contributed by atoms with Crippen LogP contribution in [0.2, 0.25) is 0 Å². The zero-order valence-corrected chi connectivity index (χ0v) is 13.6. The average molecular weight is 319 g/mol. The third kappa shape index (κ3) is 4.09. The molecule has 1 saturated carbocycles. The number of carbonyl (C=O) groups is 1. The smallest absolute Gasteiger partial charge is 0.225 e. The lowest BCUT2D eigenvalue weighted by molar-refractivity contribution is -0.117. The molecule has 1 aliphatic carbocycles. The zero-order chi connectivity index (χ0) is 16.1. The molecule has 1 aromatic carbocycles. The van der Waals surface area contributed by atoms with Gasteiger partial charge in [-0.05, 0) is 31.0 Å². The van der Waals surface area contributed by atoms with Gasteiger partial charge in [-0.15, -0.1) is 0 Å². The molecular weight excluding hydrogens is 293 g/mol. The van der Waals surface area contributed by atoms with E-state index in [2.05, 4.69) is 15.5 Å². The number of piperazine rings is 1. The number of anilines is 1. The highest BCUT2D eigenvalue weighted by Crippen LogP contribution is 2.34. The first kappa shape index (κ1) is 16.4. The quantitative estimate of drug-likeness (QED) is 0.897. The normalized spacial score (nSPS) is 21.3. The van der Waals surface area contributed by atoms with Gasteiger partial charge in [-0.3, -0.25) is 9.69 Å². The van der Waals surface area contributed by atoms with Gasteiger partial charge < -0.3 is 10.6 Å². The predicted octanol–water partition coefficient (Wildman–Crippen LogP) is 2.76. The molecule has 2 N–H and O–H groups in total. The van der Waals surface area contributed by atoms with Crippen molar-refractivity contribution in [1.82, 2.24) is 10.2 Å². The fraction of sp³-hybridized carbons (Fsp3) is 0.611. The molecule has 3 rings (SSSR count). The molecule has 1 amide bonds. The van der Waals surface area contributed by atoms with E-state index >= 15 is 0 Å². The maximum absolute atomic E-state index is 13.2. The Bertz CT molecular complexity index is 535. The molecule has 4 nitrogen and oxygen atoms in total. The summed E-state index contributed by atoms with van der Waals surface area (Å²) >= 11 is 0. The van der Waals surface area contributed by atoms with Crippen molar-refractivity contribution < 1.29 is 9.18 Å². The van der Waals surface area contributed by atoms with Gasteiger partial charge in [-0.25, -0.2) is 4.39 Å². The Balaban J connectivity index is 1.54. The summed E-state index contributed by atoms with van der Waals surface area (Å²) < 4.78 is 13.2. The van der Waals surface area contributed by atoms with Gasteiger partial charge in [0.25, 0.3) is 0 Å². The lowest BCUT2D eigenvalue weighted by Gasteiger charge is -2.50. The van der Waals surface area contributed by atoms with Gasteiger partial charge >= 0.3 is 0 Å². The largest absolute Gasteiger partial charge is 0.326 e. The van der Waals surface area contributed by atoms with Crippen LogP contribution in [0.15, 0.2) is 24.3 Å². The molecule has 0 unspecified atom stereocenters. The Kier molecular flexibility index (Phi) is 5.28. The molecule has 1 spiro atoms. The number of hydrogen-bond acceptors (Lipinski definition) is 3. The Morgan fingerprint density at radius 3 is 2.91 bits per heavy atom. The summed E-state index contributed by atoms with van der Waals surface area (Å²) in [5, 5.41) is 6.32. The second-order valence-electron chi connectivity index (χ2n) is 6.76. The van der Waals surface area contributed by atoms with Crippen LogP contribution in [0.1, 0.15) is 38.5 Å². The molecule has 1 saturated heterocycles. The molecular formula is C18H26FN3O. The molecule has 2 fully saturated rings. The first-order chi connectivity index (χ1) is 11.2. The highest BCUT2D eigenvalue weighted by atomic mass is 19.1. The van der Waals surface area contributed by atoms with Crippen molar-refractivity contribution in [2.24, 2.45) is 0 Å². The van der Waals surface area contributed by atoms with Crippen molar-refractivity contribution >= 4 is 11.6 Å². The van der Waals surface area contributed by atoms with Crippen molar-refractivity contribution in [2.75, 3.05) is 31.5 Å². The van der Waals surface area contributed by atoms with Crippen LogP contribution in [-0.2, 0) is 4.79 Å². The monoisotopic (exact) mass is 319 g/mol. The summed E-state index contributed by atoms with van der Waals surface area (Å²) in [6.07, 6.45) is 6.81. The van der Waals surface area contributed by atoms with Gasteiger partial charge in [0.1, 0.15) is 5.82 Å². The molecule has 1 aromatic rings. The first-order valence-corrected chi connectivity index (χ1v) is 8.69. The van der Waals surface area contributed by atoms with E-state index in [-0.39, 0.29) is 17.3 Å². The van der Waals surface area contributed by atoms with E-state index in [4.69, 9.17) is 0 Å². The van der Waals surface area contributed by atoms with Crippen LogP contribution < -0.4 is 10.6 Å². The van der Waals surface area contributed by atoms with Crippen molar-refractivity contribution in [3.8, 4) is 0 Å². The number of halogens is 1. The second kappa shape index (κ2) is 7.41.